The quantitative estimate of drug-likeness (QED) is 0.405. The van der Waals surface area contributed by atoms with Gasteiger partial charge in [0.05, 0.1) is 21.9 Å². The number of carbonyl (C=O) groups excluding carboxylic acids is 3. The van der Waals surface area contributed by atoms with Gasteiger partial charge in [-0.1, -0.05) is 54.6 Å². The van der Waals surface area contributed by atoms with E-state index in [2.05, 4.69) is 0 Å². The van der Waals surface area contributed by atoms with Crippen molar-refractivity contribution in [3.8, 4) is 0 Å². The van der Waals surface area contributed by atoms with Crippen LogP contribution in [-0.4, -0.2) is 52.5 Å². The number of rotatable bonds is 7. The minimum absolute atomic E-state index is 0.151. The number of esters is 3. The molecule has 0 radical (unpaired) electrons. The highest BCUT2D eigenvalue weighted by Crippen LogP contribution is 2.38. The Morgan fingerprint density at radius 3 is 1.53 bits per heavy atom. The van der Waals surface area contributed by atoms with Crippen LogP contribution >= 0.6 is 11.8 Å². The van der Waals surface area contributed by atoms with Gasteiger partial charge in [-0.05, 0) is 36.4 Å². The van der Waals surface area contributed by atoms with E-state index in [1.807, 2.05) is 0 Å². The van der Waals surface area contributed by atoms with Gasteiger partial charge in [0, 0.05) is 0 Å². The van der Waals surface area contributed by atoms with Crippen LogP contribution in [0, 0.1) is 0 Å². The highest BCUT2D eigenvalue weighted by atomic mass is 32.2. The van der Waals surface area contributed by atoms with Crippen LogP contribution in [0.5, 0.6) is 0 Å². The summed E-state index contributed by atoms with van der Waals surface area (Å²) < 4.78 is 16.6. The first kappa shape index (κ1) is 23.5. The number of hydrogen-bond acceptors (Lipinski definition) is 8. The van der Waals surface area contributed by atoms with Crippen molar-refractivity contribution in [2.75, 3.05) is 6.61 Å². The van der Waals surface area contributed by atoms with Gasteiger partial charge < -0.3 is 19.3 Å². The van der Waals surface area contributed by atoms with Crippen LogP contribution in [-0.2, 0) is 14.2 Å². The van der Waals surface area contributed by atoms with E-state index in [-0.39, 0.29) is 6.61 Å². The zero-order valence-electron chi connectivity index (χ0n) is 18.0. The standard InChI is InChI=1S/C26H22O7S/c27-23(17-10-4-1-5-11-17)31-16-20-21(32-24(28)18-12-6-2-7-13-18)22(26(30)34-20)33-25(29)19-14-8-3-9-15-19/h1-15,20-22,26,30H,16H2/t20-,21-,22-,26?/m0/s1. The zero-order valence-corrected chi connectivity index (χ0v) is 18.8. The highest BCUT2D eigenvalue weighted by molar-refractivity contribution is 8.00. The normalized spacial score (nSPS) is 21.4. The molecule has 174 valence electrons. The Kier molecular flexibility index (Phi) is 7.61. The Labute approximate surface area is 200 Å². The van der Waals surface area contributed by atoms with Gasteiger partial charge >= 0.3 is 17.9 Å². The molecule has 0 aromatic heterocycles. The van der Waals surface area contributed by atoms with Gasteiger partial charge in [0.2, 0.25) is 0 Å². The average Bonchev–Trinajstić information content (AvgIpc) is 3.17. The minimum Gasteiger partial charge on any atom is -0.461 e. The SMILES string of the molecule is O=C(OC[C@@H]1SC(O)[C@@H](OC(=O)c2ccccc2)[C@H]1OC(=O)c1ccccc1)c1ccccc1. The lowest BCUT2D eigenvalue weighted by Crippen LogP contribution is -2.41. The molecule has 4 atom stereocenters. The summed E-state index contributed by atoms with van der Waals surface area (Å²) in [5.74, 6) is -1.85. The van der Waals surface area contributed by atoms with E-state index in [0.717, 1.165) is 11.8 Å². The van der Waals surface area contributed by atoms with Crippen LogP contribution in [0.15, 0.2) is 91.0 Å². The third-order valence-electron chi connectivity index (χ3n) is 5.18. The second-order valence-corrected chi connectivity index (χ2v) is 8.86. The molecule has 0 bridgehead atoms. The fourth-order valence-corrected chi connectivity index (χ4v) is 4.69. The maximum Gasteiger partial charge on any atom is 0.338 e. The molecule has 7 nitrogen and oxygen atoms in total. The van der Waals surface area contributed by atoms with Gasteiger partial charge in [0.1, 0.15) is 12.0 Å². The van der Waals surface area contributed by atoms with Crippen LogP contribution in [0.4, 0.5) is 0 Å². The van der Waals surface area contributed by atoms with Gasteiger partial charge in [0.25, 0.3) is 0 Å². The van der Waals surface area contributed by atoms with Crippen molar-refractivity contribution in [1.82, 2.24) is 0 Å². The summed E-state index contributed by atoms with van der Waals surface area (Å²) in [5.41, 5.74) is -0.202. The lowest BCUT2D eigenvalue weighted by molar-refractivity contribution is -0.0557. The van der Waals surface area contributed by atoms with E-state index in [4.69, 9.17) is 14.2 Å². The van der Waals surface area contributed by atoms with Crippen molar-refractivity contribution in [1.29, 1.82) is 0 Å². The predicted octanol–water partition coefficient (Wildman–Crippen LogP) is 3.73. The fourth-order valence-electron chi connectivity index (χ4n) is 3.46. The van der Waals surface area contributed by atoms with Gasteiger partial charge in [-0.3, -0.25) is 0 Å². The van der Waals surface area contributed by atoms with Crippen LogP contribution in [0.25, 0.3) is 0 Å². The topological polar surface area (TPSA) is 99.1 Å². The smallest absolute Gasteiger partial charge is 0.338 e. The van der Waals surface area contributed by atoms with Crippen LogP contribution in [0.1, 0.15) is 31.1 Å². The lowest BCUT2D eigenvalue weighted by Gasteiger charge is -2.24. The fraction of sp³-hybridized carbons (Fsp3) is 0.192. The Hall–Kier alpha value is -3.62. The summed E-state index contributed by atoms with van der Waals surface area (Å²) in [6, 6.07) is 25.1. The Balaban J connectivity index is 1.51. The van der Waals surface area contributed by atoms with Crippen LogP contribution in [0.2, 0.25) is 0 Å². The number of carbonyl (C=O) groups is 3. The predicted molar refractivity (Wildman–Crippen MR) is 125 cm³/mol. The molecule has 1 fully saturated rings. The minimum atomic E-state index is -1.18. The molecule has 1 aliphatic heterocycles. The van der Waals surface area contributed by atoms with E-state index < -0.39 is 40.8 Å². The van der Waals surface area contributed by atoms with Gasteiger partial charge in [-0.2, -0.15) is 0 Å². The van der Waals surface area contributed by atoms with Crippen molar-refractivity contribution in [2.45, 2.75) is 22.9 Å². The first-order chi connectivity index (χ1) is 16.5. The molecule has 34 heavy (non-hydrogen) atoms. The molecule has 4 rings (SSSR count). The first-order valence-electron chi connectivity index (χ1n) is 10.6. The monoisotopic (exact) mass is 478 g/mol. The number of aliphatic hydroxyl groups is 1. The molecule has 0 aliphatic carbocycles. The third kappa shape index (κ3) is 5.65. The summed E-state index contributed by atoms with van der Waals surface area (Å²) in [4.78, 5) is 37.8. The second-order valence-electron chi connectivity index (χ2n) is 7.50. The van der Waals surface area contributed by atoms with E-state index >= 15 is 0 Å². The Morgan fingerprint density at radius 1 is 0.647 bits per heavy atom. The molecule has 0 saturated carbocycles. The summed E-state index contributed by atoms with van der Waals surface area (Å²) in [6.45, 7) is -0.151. The summed E-state index contributed by atoms with van der Waals surface area (Å²) in [7, 11) is 0. The summed E-state index contributed by atoms with van der Waals surface area (Å²) >= 11 is 1.02. The van der Waals surface area contributed by atoms with Gasteiger partial charge in [-0.15, -0.1) is 11.8 Å². The average molecular weight is 479 g/mol. The molecular weight excluding hydrogens is 456 g/mol. The largest absolute Gasteiger partial charge is 0.461 e. The molecule has 1 aliphatic rings. The molecule has 1 heterocycles. The Bertz CT molecular complexity index is 1120. The van der Waals surface area contributed by atoms with Gasteiger partial charge in [0.15, 0.2) is 12.2 Å². The second kappa shape index (κ2) is 11.0. The van der Waals surface area contributed by atoms with Crippen molar-refractivity contribution in [2.24, 2.45) is 0 Å². The van der Waals surface area contributed by atoms with Crippen molar-refractivity contribution in [3.63, 3.8) is 0 Å². The summed E-state index contributed by atoms with van der Waals surface area (Å²) in [5, 5.41) is 10.00. The number of ether oxygens (including phenoxy) is 3. The number of hydrogen-bond donors (Lipinski definition) is 1. The third-order valence-corrected chi connectivity index (χ3v) is 6.48. The maximum atomic E-state index is 12.8. The zero-order chi connectivity index (χ0) is 23.9. The van der Waals surface area contributed by atoms with Crippen LogP contribution < -0.4 is 0 Å². The van der Waals surface area contributed by atoms with Crippen molar-refractivity contribution >= 4 is 29.7 Å². The molecule has 1 N–H and O–H groups in total. The van der Waals surface area contributed by atoms with E-state index in [1.54, 1.807) is 91.0 Å². The molecule has 3 aromatic carbocycles. The van der Waals surface area contributed by atoms with Crippen molar-refractivity contribution < 1.29 is 33.7 Å². The van der Waals surface area contributed by atoms with Crippen molar-refractivity contribution in [3.05, 3.63) is 108 Å². The highest BCUT2D eigenvalue weighted by Gasteiger charge is 2.49. The van der Waals surface area contributed by atoms with Crippen LogP contribution in [0.3, 0.4) is 0 Å². The molecule has 8 heteroatoms. The molecule has 1 saturated heterocycles. The molecular formula is C26H22O7S. The number of benzene rings is 3. The molecule has 1 unspecified atom stereocenters. The summed E-state index contributed by atoms with van der Waals surface area (Å²) in [6.07, 6.45) is -2.19. The van der Waals surface area contributed by atoms with E-state index in [0.29, 0.717) is 16.7 Å². The first-order valence-corrected chi connectivity index (χ1v) is 11.5. The van der Waals surface area contributed by atoms with E-state index in [9.17, 15) is 19.5 Å². The number of aliphatic hydroxyl groups excluding tert-OH is 1. The molecule has 3 aromatic rings. The molecule has 0 amide bonds. The lowest BCUT2D eigenvalue weighted by atomic mass is 10.1. The Morgan fingerprint density at radius 2 is 1.06 bits per heavy atom. The van der Waals surface area contributed by atoms with E-state index in [1.165, 1.54) is 0 Å². The number of thioether (sulfide) groups is 1. The maximum absolute atomic E-state index is 12.8. The van der Waals surface area contributed by atoms with Gasteiger partial charge in [-0.25, -0.2) is 14.4 Å². The molecule has 0 spiro atoms.